The zero-order valence-corrected chi connectivity index (χ0v) is 10.1. The second-order valence-corrected chi connectivity index (χ2v) is 3.82. The number of aromatic nitrogens is 1. The van der Waals surface area contributed by atoms with Crippen molar-refractivity contribution in [2.75, 3.05) is 26.0 Å². The molecule has 2 N–H and O–H groups in total. The van der Waals surface area contributed by atoms with Gasteiger partial charge >= 0.3 is 5.97 Å². The van der Waals surface area contributed by atoms with Crippen LogP contribution in [0.5, 0.6) is 0 Å². The molecule has 0 spiro atoms. The number of nitrogens with one attached hydrogen (secondary N) is 1. The van der Waals surface area contributed by atoms with Gasteiger partial charge in [0.1, 0.15) is 17.2 Å². The van der Waals surface area contributed by atoms with Crippen LogP contribution in [-0.2, 0) is 4.79 Å². The van der Waals surface area contributed by atoms with Gasteiger partial charge in [-0.1, -0.05) is 0 Å². The number of carbonyl (C=O) groups is 2. The van der Waals surface area contributed by atoms with Crippen LogP contribution in [0.1, 0.15) is 16.8 Å². The number of carbonyl (C=O) groups excluding carboxylic acids is 1. The first kappa shape index (κ1) is 13.9. The van der Waals surface area contributed by atoms with Crippen LogP contribution in [0, 0.1) is 5.82 Å². The molecular formula is C11H14FN3O3. The molecule has 0 aliphatic heterocycles. The summed E-state index contributed by atoms with van der Waals surface area (Å²) in [7, 11) is 3.25. The minimum atomic E-state index is -1.27. The topological polar surface area (TPSA) is 82.5 Å². The molecule has 1 aromatic rings. The molecular weight excluding hydrogens is 241 g/mol. The highest BCUT2D eigenvalue weighted by molar-refractivity contribution is 5.93. The van der Waals surface area contributed by atoms with Gasteiger partial charge in [0.15, 0.2) is 0 Å². The first-order valence-electron chi connectivity index (χ1n) is 5.24. The lowest BCUT2D eigenvalue weighted by Crippen LogP contribution is -2.24. The summed E-state index contributed by atoms with van der Waals surface area (Å²) < 4.78 is 12.8. The lowest BCUT2D eigenvalue weighted by Gasteiger charge is -2.11. The van der Waals surface area contributed by atoms with Crippen LogP contribution in [0.3, 0.4) is 0 Å². The smallest absolute Gasteiger partial charge is 0.339 e. The fourth-order valence-electron chi connectivity index (χ4n) is 1.25. The van der Waals surface area contributed by atoms with E-state index in [4.69, 9.17) is 5.11 Å². The average Bonchev–Trinajstić information content (AvgIpc) is 2.30. The summed E-state index contributed by atoms with van der Waals surface area (Å²) in [5, 5.41) is 11.6. The molecule has 98 valence electrons. The Hall–Kier alpha value is -2.18. The van der Waals surface area contributed by atoms with Gasteiger partial charge < -0.3 is 15.3 Å². The largest absolute Gasteiger partial charge is 0.478 e. The second-order valence-electron chi connectivity index (χ2n) is 3.82. The zero-order valence-electron chi connectivity index (χ0n) is 10.1. The summed E-state index contributed by atoms with van der Waals surface area (Å²) in [5.41, 5.74) is -0.257. The Morgan fingerprint density at radius 2 is 2.17 bits per heavy atom. The zero-order chi connectivity index (χ0) is 13.7. The first-order valence-corrected chi connectivity index (χ1v) is 5.24. The van der Waals surface area contributed by atoms with E-state index in [1.54, 1.807) is 14.1 Å². The number of carboxylic acids is 1. The Balaban J connectivity index is 2.68. The van der Waals surface area contributed by atoms with Gasteiger partial charge in [0, 0.05) is 27.1 Å². The predicted molar refractivity (Wildman–Crippen MR) is 63.0 cm³/mol. The number of nitrogens with zero attached hydrogens (tertiary/aromatic N) is 2. The van der Waals surface area contributed by atoms with Crippen molar-refractivity contribution in [1.82, 2.24) is 9.88 Å². The van der Waals surface area contributed by atoms with Gasteiger partial charge in [0.05, 0.1) is 6.20 Å². The molecule has 1 amide bonds. The summed E-state index contributed by atoms with van der Waals surface area (Å²) in [5.74, 6) is -2.04. The summed E-state index contributed by atoms with van der Waals surface area (Å²) >= 11 is 0. The van der Waals surface area contributed by atoms with E-state index in [9.17, 15) is 14.0 Å². The van der Waals surface area contributed by atoms with Crippen molar-refractivity contribution in [3.63, 3.8) is 0 Å². The fraction of sp³-hybridized carbons (Fsp3) is 0.364. The maximum absolute atomic E-state index is 12.8. The van der Waals surface area contributed by atoms with E-state index in [2.05, 4.69) is 10.3 Å². The fourth-order valence-corrected chi connectivity index (χ4v) is 1.25. The van der Waals surface area contributed by atoms with Gasteiger partial charge in [0.2, 0.25) is 5.91 Å². The highest BCUT2D eigenvalue weighted by atomic mass is 19.1. The third kappa shape index (κ3) is 3.69. The molecule has 0 saturated heterocycles. The lowest BCUT2D eigenvalue weighted by atomic mass is 10.2. The van der Waals surface area contributed by atoms with Crippen LogP contribution < -0.4 is 5.32 Å². The minimum absolute atomic E-state index is 0.0513. The highest BCUT2D eigenvalue weighted by Crippen LogP contribution is 2.13. The van der Waals surface area contributed by atoms with E-state index in [1.165, 1.54) is 4.90 Å². The maximum Gasteiger partial charge on any atom is 0.339 e. The average molecular weight is 255 g/mol. The van der Waals surface area contributed by atoms with Gasteiger partial charge in [-0.3, -0.25) is 4.79 Å². The maximum atomic E-state index is 12.8. The normalized spacial score (nSPS) is 9.94. The molecule has 0 aromatic carbocycles. The Morgan fingerprint density at radius 1 is 1.50 bits per heavy atom. The van der Waals surface area contributed by atoms with Crippen molar-refractivity contribution >= 4 is 17.7 Å². The molecule has 18 heavy (non-hydrogen) atoms. The molecule has 0 aliphatic rings. The predicted octanol–water partition coefficient (Wildman–Crippen LogP) is 0.809. The van der Waals surface area contributed by atoms with Crippen LogP contribution in [0.25, 0.3) is 0 Å². The van der Waals surface area contributed by atoms with E-state index in [0.717, 1.165) is 12.3 Å². The molecule has 6 nitrogen and oxygen atoms in total. The number of rotatable bonds is 5. The molecule has 0 unspecified atom stereocenters. The number of hydrogen-bond acceptors (Lipinski definition) is 4. The van der Waals surface area contributed by atoms with Gasteiger partial charge in [0.25, 0.3) is 0 Å². The number of anilines is 1. The second kappa shape index (κ2) is 5.95. The van der Waals surface area contributed by atoms with Crippen LogP contribution in [0.2, 0.25) is 0 Å². The van der Waals surface area contributed by atoms with E-state index in [-0.39, 0.29) is 30.3 Å². The third-order valence-corrected chi connectivity index (χ3v) is 2.21. The lowest BCUT2D eigenvalue weighted by molar-refractivity contribution is -0.128. The van der Waals surface area contributed by atoms with Crippen molar-refractivity contribution < 1.29 is 19.1 Å². The van der Waals surface area contributed by atoms with Crippen LogP contribution in [-0.4, -0.2) is 47.5 Å². The molecule has 0 saturated carbocycles. The highest BCUT2D eigenvalue weighted by Gasteiger charge is 2.13. The summed E-state index contributed by atoms with van der Waals surface area (Å²) in [4.78, 5) is 27.2. The van der Waals surface area contributed by atoms with Gasteiger partial charge in [-0.25, -0.2) is 14.2 Å². The van der Waals surface area contributed by atoms with Crippen molar-refractivity contribution in [3.05, 3.63) is 23.6 Å². The van der Waals surface area contributed by atoms with Gasteiger partial charge in [-0.15, -0.1) is 0 Å². The summed E-state index contributed by atoms with van der Waals surface area (Å²) in [6, 6.07) is 0.880. The van der Waals surface area contributed by atoms with Crippen molar-refractivity contribution in [1.29, 1.82) is 0 Å². The Kier molecular flexibility index (Phi) is 4.59. The van der Waals surface area contributed by atoms with Crippen molar-refractivity contribution in [2.45, 2.75) is 6.42 Å². The molecule has 1 aromatic heterocycles. The van der Waals surface area contributed by atoms with Gasteiger partial charge in [-0.2, -0.15) is 0 Å². The minimum Gasteiger partial charge on any atom is -0.478 e. The first-order chi connectivity index (χ1) is 8.41. The SMILES string of the molecule is CN(C)C(=O)CCNc1ncc(F)cc1C(=O)O. The Bertz CT molecular complexity index is 463. The van der Waals surface area contributed by atoms with Crippen molar-refractivity contribution in [2.24, 2.45) is 0 Å². The molecule has 0 aliphatic carbocycles. The monoisotopic (exact) mass is 255 g/mol. The number of hydrogen-bond donors (Lipinski definition) is 2. The van der Waals surface area contributed by atoms with E-state index < -0.39 is 11.8 Å². The molecule has 0 radical (unpaired) electrons. The van der Waals surface area contributed by atoms with Crippen molar-refractivity contribution in [3.8, 4) is 0 Å². The molecule has 1 heterocycles. The molecule has 0 atom stereocenters. The van der Waals surface area contributed by atoms with E-state index in [0.29, 0.717) is 0 Å². The number of pyridine rings is 1. The van der Waals surface area contributed by atoms with Gasteiger partial charge in [-0.05, 0) is 6.07 Å². The summed E-state index contributed by atoms with van der Waals surface area (Å²) in [6.45, 7) is 0.232. The number of carboxylic acid groups (broad SMARTS) is 1. The number of halogens is 1. The Labute approximate surface area is 103 Å². The summed E-state index contributed by atoms with van der Waals surface area (Å²) in [6.07, 6.45) is 1.12. The third-order valence-electron chi connectivity index (χ3n) is 2.21. The standard InChI is InChI=1S/C11H14FN3O3/c1-15(2)9(16)3-4-13-10-8(11(17)18)5-7(12)6-14-10/h5-6H,3-4H2,1-2H3,(H,13,14)(H,17,18). The molecule has 0 fully saturated rings. The van der Waals surface area contributed by atoms with E-state index >= 15 is 0 Å². The number of amides is 1. The Morgan fingerprint density at radius 3 is 2.72 bits per heavy atom. The van der Waals surface area contributed by atoms with E-state index in [1.807, 2.05) is 0 Å². The van der Waals surface area contributed by atoms with Crippen LogP contribution in [0.15, 0.2) is 12.3 Å². The molecule has 0 bridgehead atoms. The molecule has 1 rings (SSSR count). The number of aromatic carboxylic acids is 1. The van der Waals surface area contributed by atoms with Crippen LogP contribution >= 0.6 is 0 Å². The molecule has 7 heteroatoms. The quantitative estimate of drug-likeness (QED) is 0.813. The van der Waals surface area contributed by atoms with Crippen LogP contribution in [0.4, 0.5) is 10.2 Å².